The number of carboxylic acid groups (broad SMARTS) is 1. The number of benzene rings is 1. The SMILES string of the molecule is Cc1cc2c(cc1CNC(=O)CCC(=O)O)OCO2. The summed E-state index contributed by atoms with van der Waals surface area (Å²) in [6, 6.07) is 3.69. The van der Waals surface area contributed by atoms with Crippen LogP contribution in [0, 0.1) is 6.92 Å². The molecule has 1 aliphatic heterocycles. The highest BCUT2D eigenvalue weighted by molar-refractivity contribution is 5.80. The maximum Gasteiger partial charge on any atom is 0.303 e. The van der Waals surface area contributed by atoms with Crippen LogP contribution in [-0.4, -0.2) is 23.8 Å². The van der Waals surface area contributed by atoms with Crippen LogP contribution < -0.4 is 14.8 Å². The molecule has 0 saturated heterocycles. The van der Waals surface area contributed by atoms with E-state index in [9.17, 15) is 9.59 Å². The van der Waals surface area contributed by atoms with E-state index in [-0.39, 0.29) is 25.5 Å². The number of hydrogen-bond donors (Lipinski definition) is 2. The van der Waals surface area contributed by atoms with Crippen molar-refractivity contribution in [3.05, 3.63) is 23.3 Å². The Morgan fingerprint density at radius 1 is 1.26 bits per heavy atom. The lowest BCUT2D eigenvalue weighted by molar-refractivity contribution is -0.138. The molecular formula is C13H15NO5. The molecule has 6 heteroatoms. The number of amides is 1. The van der Waals surface area contributed by atoms with E-state index in [1.54, 1.807) is 0 Å². The summed E-state index contributed by atoms with van der Waals surface area (Å²) in [6.45, 7) is 2.48. The molecule has 0 radical (unpaired) electrons. The summed E-state index contributed by atoms with van der Waals surface area (Å²) in [7, 11) is 0. The van der Waals surface area contributed by atoms with Crippen LogP contribution in [0.2, 0.25) is 0 Å². The van der Waals surface area contributed by atoms with Crippen molar-refractivity contribution in [1.82, 2.24) is 5.32 Å². The summed E-state index contributed by atoms with van der Waals surface area (Å²) in [5.74, 6) is 0.118. The fraction of sp³-hybridized carbons (Fsp3) is 0.385. The average Bonchev–Trinajstić information content (AvgIpc) is 2.80. The minimum Gasteiger partial charge on any atom is -0.481 e. The molecule has 6 nitrogen and oxygen atoms in total. The number of carbonyl (C=O) groups excluding carboxylic acids is 1. The van der Waals surface area contributed by atoms with Crippen molar-refractivity contribution in [2.24, 2.45) is 0 Å². The predicted octanol–water partition coefficient (Wildman–Crippen LogP) is 1.20. The van der Waals surface area contributed by atoms with Crippen molar-refractivity contribution in [3.8, 4) is 11.5 Å². The van der Waals surface area contributed by atoms with Crippen molar-refractivity contribution in [2.75, 3.05) is 6.79 Å². The third kappa shape index (κ3) is 3.37. The number of carboxylic acids is 1. The van der Waals surface area contributed by atoms with E-state index in [2.05, 4.69) is 5.32 Å². The first kappa shape index (κ1) is 13.2. The van der Waals surface area contributed by atoms with Crippen molar-refractivity contribution in [2.45, 2.75) is 26.3 Å². The Morgan fingerprint density at radius 2 is 1.95 bits per heavy atom. The minimum atomic E-state index is -0.977. The summed E-state index contributed by atoms with van der Waals surface area (Å²) in [5.41, 5.74) is 1.91. The fourth-order valence-corrected chi connectivity index (χ4v) is 1.78. The molecule has 0 bridgehead atoms. The number of carbonyl (C=O) groups is 2. The van der Waals surface area contributed by atoms with Crippen LogP contribution >= 0.6 is 0 Å². The van der Waals surface area contributed by atoms with E-state index in [0.29, 0.717) is 18.0 Å². The van der Waals surface area contributed by atoms with E-state index >= 15 is 0 Å². The van der Waals surface area contributed by atoms with Gasteiger partial charge in [0.1, 0.15) is 0 Å². The molecule has 102 valence electrons. The van der Waals surface area contributed by atoms with E-state index in [0.717, 1.165) is 11.1 Å². The topological polar surface area (TPSA) is 84.9 Å². The van der Waals surface area contributed by atoms with Crippen LogP contribution in [0.15, 0.2) is 12.1 Å². The fourth-order valence-electron chi connectivity index (χ4n) is 1.78. The molecule has 1 aromatic rings. The maximum absolute atomic E-state index is 11.4. The third-order valence-corrected chi connectivity index (χ3v) is 2.87. The van der Waals surface area contributed by atoms with Gasteiger partial charge in [0.25, 0.3) is 0 Å². The van der Waals surface area contributed by atoms with Gasteiger partial charge in [-0.05, 0) is 30.2 Å². The average molecular weight is 265 g/mol. The first-order valence-corrected chi connectivity index (χ1v) is 5.94. The van der Waals surface area contributed by atoms with Gasteiger partial charge in [0.2, 0.25) is 12.7 Å². The van der Waals surface area contributed by atoms with Crippen LogP contribution in [0.5, 0.6) is 11.5 Å². The van der Waals surface area contributed by atoms with Crippen molar-refractivity contribution in [1.29, 1.82) is 0 Å². The number of ether oxygens (including phenoxy) is 2. The standard InChI is InChI=1S/C13H15NO5/c1-8-4-10-11(19-7-18-10)5-9(8)6-14-12(15)2-3-13(16)17/h4-5H,2-3,6-7H2,1H3,(H,14,15)(H,16,17). The van der Waals surface area contributed by atoms with Crippen molar-refractivity contribution < 1.29 is 24.2 Å². The van der Waals surface area contributed by atoms with E-state index in [1.165, 1.54) is 0 Å². The highest BCUT2D eigenvalue weighted by Gasteiger charge is 2.15. The van der Waals surface area contributed by atoms with Crippen LogP contribution in [0.25, 0.3) is 0 Å². The largest absolute Gasteiger partial charge is 0.481 e. The zero-order valence-corrected chi connectivity index (χ0v) is 10.6. The van der Waals surface area contributed by atoms with Crippen LogP contribution in [0.1, 0.15) is 24.0 Å². The Labute approximate surface area is 110 Å². The van der Waals surface area contributed by atoms with Gasteiger partial charge >= 0.3 is 5.97 Å². The maximum atomic E-state index is 11.4. The zero-order chi connectivity index (χ0) is 13.8. The summed E-state index contributed by atoms with van der Waals surface area (Å²) in [6.07, 6.45) is -0.176. The number of aliphatic carboxylic acids is 1. The van der Waals surface area contributed by atoms with E-state index < -0.39 is 5.97 Å². The number of hydrogen-bond acceptors (Lipinski definition) is 4. The normalized spacial score (nSPS) is 12.3. The first-order valence-electron chi connectivity index (χ1n) is 5.94. The van der Waals surface area contributed by atoms with Crippen molar-refractivity contribution in [3.63, 3.8) is 0 Å². The van der Waals surface area contributed by atoms with Gasteiger partial charge in [-0.15, -0.1) is 0 Å². The molecule has 2 N–H and O–H groups in total. The molecule has 0 aromatic heterocycles. The number of aryl methyl sites for hydroxylation is 1. The lowest BCUT2D eigenvalue weighted by Crippen LogP contribution is -2.23. The Balaban J connectivity index is 1.93. The zero-order valence-electron chi connectivity index (χ0n) is 10.6. The highest BCUT2D eigenvalue weighted by atomic mass is 16.7. The summed E-state index contributed by atoms with van der Waals surface area (Å²) >= 11 is 0. The molecule has 0 aliphatic carbocycles. The summed E-state index contributed by atoms with van der Waals surface area (Å²) in [4.78, 5) is 21.8. The number of fused-ring (bicyclic) bond motifs is 1. The van der Waals surface area contributed by atoms with Crippen LogP contribution in [-0.2, 0) is 16.1 Å². The molecule has 0 atom stereocenters. The Bertz CT molecular complexity index is 512. The Kier molecular flexibility index (Phi) is 3.89. The molecule has 1 aromatic carbocycles. The predicted molar refractivity (Wildman–Crippen MR) is 66.0 cm³/mol. The molecule has 0 fully saturated rings. The summed E-state index contributed by atoms with van der Waals surface area (Å²) in [5, 5.41) is 11.2. The molecule has 19 heavy (non-hydrogen) atoms. The Morgan fingerprint density at radius 3 is 2.63 bits per heavy atom. The smallest absolute Gasteiger partial charge is 0.303 e. The lowest BCUT2D eigenvalue weighted by Gasteiger charge is -2.09. The molecule has 1 heterocycles. The van der Waals surface area contributed by atoms with Crippen LogP contribution in [0.3, 0.4) is 0 Å². The molecule has 0 unspecified atom stereocenters. The summed E-state index contributed by atoms with van der Waals surface area (Å²) < 4.78 is 10.5. The molecular weight excluding hydrogens is 250 g/mol. The molecule has 1 aliphatic rings. The van der Waals surface area contributed by atoms with E-state index in [4.69, 9.17) is 14.6 Å². The van der Waals surface area contributed by atoms with Gasteiger partial charge in [-0.2, -0.15) is 0 Å². The minimum absolute atomic E-state index is 0.0149. The van der Waals surface area contributed by atoms with Gasteiger partial charge in [-0.25, -0.2) is 0 Å². The quantitative estimate of drug-likeness (QED) is 0.835. The third-order valence-electron chi connectivity index (χ3n) is 2.87. The van der Waals surface area contributed by atoms with Crippen molar-refractivity contribution >= 4 is 11.9 Å². The van der Waals surface area contributed by atoms with Gasteiger partial charge in [0, 0.05) is 13.0 Å². The number of nitrogens with one attached hydrogen (secondary N) is 1. The van der Waals surface area contributed by atoms with Gasteiger partial charge in [-0.3, -0.25) is 9.59 Å². The molecule has 1 amide bonds. The first-order chi connectivity index (χ1) is 9.06. The monoisotopic (exact) mass is 265 g/mol. The second-order valence-electron chi connectivity index (χ2n) is 4.30. The van der Waals surface area contributed by atoms with E-state index in [1.807, 2.05) is 19.1 Å². The second-order valence-corrected chi connectivity index (χ2v) is 4.30. The molecule has 0 spiro atoms. The van der Waals surface area contributed by atoms with Gasteiger partial charge in [0.05, 0.1) is 6.42 Å². The molecule has 2 rings (SSSR count). The van der Waals surface area contributed by atoms with Gasteiger partial charge < -0.3 is 19.9 Å². The Hall–Kier alpha value is -2.24. The molecule has 0 saturated carbocycles. The highest BCUT2D eigenvalue weighted by Crippen LogP contribution is 2.34. The second kappa shape index (κ2) is 5.60. The van der Waals surface area contributed by atoms with Gasteiger partial charge in [0.15, 0.2) is 11.5 Å². The number of rotatable bonds is 5. The lowest BCUT2D eigenvalue weighted by atomic mass is 10.1. The van der Waals surface area contributed by atoms with Crippen LogP contribution in [0.4, 0.5) is 0 Å². The van der Waals surface area contributed by atoms with Gasteiger partial charge in [-0.1, -0.05) is 0 Å².